The number of benzene rings is 1. The summed E-state index contributed by atoms with van der Waals surface area (Å²) in [6, 6.07) is 7.98. The summed E-state index contributed by atoms with van der Waals surface area (Å²) in [5.41, 5.74) is 3.37. The summed E-state index contributed by atoms with van der Waals surface area (Å²) < 4.78 is 0. The van der Waals surface area contributed by atoms with Gasteiger partial charge < -0.3 is 5.11 Å². The van der Waals surface area contributed by atoms with Gasteiger partial charge in [0.1, 0.15) is 5.76 Å². The molecular weight excluding hydrogens is 148 g/mol. The van der Waals surface area contributed by atoms with Crippen LogP contribution in [0.4, 0.5) is 0 Å². The maximum Gasteiger partial charge on any atom is 0.122 e. The van der Waals surface area contributed by atoms with Gasteiger partial charge in [-0.25, -0.2) is 0 Å². The van der Waals surface area contributed by atoms with Crippen LogP contribution in [-0.4, -0.2) is 5.11 Å². The van der Waals surface area contributed by atoms with Gasteiger partial charge in [0.25, 0.3) is 0 Å². The van der Waals surface area contributed by atoms with Crippen molar-refractivity contribution in [3.63, 3.8) is 0 Å². The Morgan fingerprint density at radius 1 is 1.17 bits per heavy atom. The molecule has 0 radical (unpaired) electrons. The van der Waals surface area contributed by atoms with E-state index in [2.05, 4.69) is 0 Å². The third-order valence-corrected chi connectivity index (χ3v) is 2.16. The van der Waals surface area contributed by atoms with E-state index in [-0.39, 0.29) is 0 Å². The molecular formula is C11H12O. The molecule has 1 aliphatic carbocycles. The van der Waals surface area contributed by atoms with Gasteiger partial charge in [-0.15, -0.1) is 0 Å². The first kappa shape index (κ1) is 7.41. The van der Waals surface area contributed by atoms with Gasteiger partial charge in [0, 0.05) is 5.56 Å². The number of allylic oxidation sites excluding steroid dienone is 1. The molecule has 0 aliphatic heterocycles. The quantitative estimate of drug-likeness (QED) is 0.626. The van der Waals surface area contributed by atoms with Gasteiger partial charge in [0.15, 0.2) is 0 Å². The zero-order valence-corrected chi connectivity index (χ0v) is 7.17. The second-order valence-corrected chi connectivity index (χ2v) is 3.32. The van der Waals surface area contributed by atoms with Crippen LogP contribution in [0, 0.1) is 6.92 Å². The zero-order valence-electron chi connectivity index (χ0n) is 7.17. The van der Waals surface area contributed by atoms with E-state index < -0.39 is 0 Å². The van der Waals surface area contributed by atoms with Crippen molar-refractivity contribution >= 4 is 5.76 Å². The van der Waals surface area contributed by atoms with Crippen molar-refractivity contribution in [3.05, 3.63) is 41.0 Å². The highest BCUT2D eigenvalue weighted by Crippen LogP contribution is 2.34. The fraction of sp³-hybridized carbons (Fsp3) is 0.273. The molecule has 12 heavy (non-hydrogen) atoms. The number of hydrogen-bond donors (Lipinski definition) is 1. The molecule has 0 heterocycles. The van der Waals surface area contributed by atoms with Crippen LogP contribution in [0.5, 0.6) is 0 Å². The van der Waals surface area contributed by atoms with Gasteiger partial charge >= 0.3 is 0 Å². The molecule has 1 heteroatoms. The highest BCUT2D eigenvalue weighted by Gasteiger charge is 2.17. The molecule has 1 N–H and O–H groups in total. The van der Waals surface area contributed by atoms with Gasteiger partial charge in [0.2, 0.25) is 0 Å². The molecule has 1 nitrogen and oxygen atoms in total. The minimum absolute atomic E-state index is 0.495. The summed E-state index contributed by atoms with van der Waals surface area (Å²) in [6.07, 6.45) is 2.14. The van der Waals surface area contributed by atoms with E-state index in [1.54, 1.807) is 0 Å². The minimum Gasteiger partial charge on any atom is -0.507 e. The van der Waals surface area contributed by atoms with Crippen molar-refractivity contribution in [1.29, 1.82) is 0 Å². The predicted molar refractivity (Wildman–Crippen MR) is 50.0 cm³/mol. The molecule has 0 atom stereocenters. The molecule has 0 aromatic heterocycles. The van der Waals surface area contributed by atoms with Crippen molar-refractivity contribution in [2.24, 2.45) is 0 Å². The highest BCUT2D eigenvalue weighted by molar-refractivity contribution is 5.64. The van der Waals surface area contributed by atoms with Gasteiger partial charge in [0.05, 0.1) is 0 Å². The van der Waals surface area contributed by atoms with E-state index in [0.29, 0.717) is 5.76 Å². The van der Waals surface area contributed by atoms with Gasteiger partial charge in [-0.3, -0.25) is 0 Å². The number of aliphatic hydroxyl groups excluding tert-OH is 1. The van der Waals surface area contributed by atoms with Crippen LogP contribution in [0.1, 0.15) is 24.0 Å². The standard InChI is InChI=1S/C11H12O/c1-8-2-4-9(5-3-8)11(12)10-6-7-10/h2-5,12H,6-7H2,1H3. The minimum atomic E-state index is 0.495. The Labute approximate surface area is 72.4 Å². The molecule has 0 bridgehead atoms. The molecule has 2 rings (SSSR count). The Morgan fingerprint density at radius 2 is 1.75 bits per heavy atom. The van der Waals surface area contributed by atoms with Gasteiger partial charge in [-0.2, -0.15) is 0 Å². The van der Waals surface area contributed by atoms with E-state index in [1.807, 2.05) is 31.2 Å². The third kappa shape index (κ3) is 1.35. The summed E-state index contributed by atoms with van der Waals surface area (Å²) >= 11 is 0. The summed E-state index contributed by atoms with van der Waals surface area (Å²) in [7, 11) is 0. The van der Waals surface area contributed by atoms with Crippen molar-refractivity contribution in [3.8, 4) is 0 Å². The monoisotopic (exact) mass is 160 g/mol. The second kappa shape index (κ2) is 2.67. The Kier molecular flexibility index (Phi) is 1.65. The zero-order chi connectivity index (χ0) is 8.55. The van der Waals surface area contributed by atoms with Gasteiger partial charge in [-0.1, -0.05) is 29.8 Å². The first-order valence-electron chi connectivity index (χ1n) is 4.25. The van der Waals surface area contributed by atoms with Crippen LogP contribution in [0.3, 0.4) is 0 Å². The van der Waals surface area contributed by atoms with Crippen LogP contribution in [0.25, 0.3) is 5.76 Å². The van der Waals surface area contributed by atoms with E-state index >= 15 is 0 Å². The maximum absolute atomic E-state index is 9.63. The number of hydrogen-bond acceptors (Lipinski definition) is 1. The Balaban J connectivity index is 2.35. The molecule has 1 fully saturated rings. The Bertz CT molecular complexity index is 313. The maximum atomic E-state index is 9.63. The lowest BCUT2D eigenvalue weighted by molar-refractivity contribution is 0.509. The fourth-order valence-corrected chi connectivity index (χ4v) is 1.21. The SMILES string of the molecule is Cc1ccc(C(O)=C2CC2)cc1. The molecule has 1 aromatic rings. The number of rotatable bonds is 1. The number of aryl methyl sites for hydroxylation is 1. The van der Waals surface area contributed by atoms with Crippen molar-refractivity contribution in [1.82, 2.24) is 0 Å². The lowest BCUT2D eigenvalue weighted by Crippen LogP contribution is -1.82. The van der Waals surface area contributed by atoms with E-state index in [4.69, 9.17) is 0 Å². The first-order chi connectivity index (χ1) is 5.77. The highest BCUT2D eigenvalue weighted by atomic mass is 16.3. The van der Waals surface area contributed by atoms with E-state index in [9.17, 15) is 5.11 Å². The Hall–Kier alpha value is -1.24. The lowest BCUT2D eigenvalue weighted by atomic mass is 10.1. The molecule has 0 unspecified atom stereocenters. The van der Waals surface area contributed by atoms with Crippen LogP contribution >= 0.6 is 0 Å². The van der Waals surface area contributed by atoms with Crippen LogP contribution in [0.15, 0.2) is 29.8 Å². The normalized spacial score (nSPS) is 14.6. The average Bonchev–Trinajstić information content (AvgIpc) is 2.87. The molecule has 1 aliphatic rings. The van der Waals surface area contributed by atoms with Crippen LogP contribution in [-0.2, 0) is 0 Å². The summed E-state index contributed by atoms with van der Waals surface area (Å²) in [5.74, 6) is 0.495. The molecule has 1 aromatic carbocycles. The van der Waals surface area contributed by atoms with Crippen molar-refractivity contribution in [2.45, 2.75) is 19.8 Å². The summed E-state index contributed by atoms with van der Waals surface area (Å²) in [4.78, 5) is 0. The molecule has 62 valence electrons. The largest absolute Gasteiger partial charge is 0.507 e. The molecule has 1 saturated carbocycles. The molecule has 0 saturated heterocycles. The van der Waals surface area contributed by atoms with Crippen LogP contribution < -0.4 is 0 Å². The predicted octanol–water partition coefficient (Wildman–Crippen LogP) is 3.06. The topological polar surface area (TPSA) is 20.2 Å². The van der Waals surface area contributed by atoms with Crippen LogP contribution in [0.2, 0.25) is 0 Å². The first-order valence-corrected chi connectivity index (χ1v) is 4.25. The molecule has 0 amide bonds. The Morgan fingerprint density at radius 3 is 2.25 bits per heavy atom. The third-order valence-electron chi connectivity index (χ3n) is 2.16. The average molecular weight is 160 g/mol. The summed E-state index contributed by atoms with van der Waals surface area (Å²) in [5, 5.41) is 9.63. The second-order valence-electron chi connectivity index (χ2n) is 3.32. The van der Waals surface area contributed by atoms with Gasteiger partial charge in [-0.05, 0) is 25.3 Å². The number of aliphatic hydroxyl groups is 1. The van der Waals surface area contributed by atoms with E-state index in [1.165, 1.54) is 11.1 Å². The lowest BCUT2D eigenvalue weighted by Gasteiger charge is -1.99. The van der Waals surface area contributed by atoms with Crippen molar-refractivity contribution in [2.75, 3.05) is 0 Å². The molecule has 0 spiro atoms. The smallest absolute Gasteiger partial charge is 0.122 e. The van der Waals surface area contributed by atoms with E-state index in [0.717, 1.165) is 18.4 Å². The fourth-order valence-electron chi connectivity index (χ4n) is 1.21. The van der Waals surface area contributed by atoms with Crippen molar-refractivity contribution < 1.29 is 5.11 Å². The summed E-state index contributed by atoms with van der Waals surface area (Å²) in [6.45, 7) is 2.05.